The first-order valence-electron chi connectivity index (χ1n) is 9.27. The van der Waals surface area contributed by atoms with Gasteiger partial charge in [-0.2, -0.15) is 0 Å². The average molecular weight is 410 g/mol. The van der Waals surface area contributed by atoms with Gasteiger partial charge in [0.25, 0.3) is 11.8 Å². The van der Waals surface area contributed by atoms with Crippen LogP contribution < -0.4 is 10.7 Å². The van der Waals surface area contributed by atoms with Crippen LogP contribution in [-0.4, -0.2) is 45.3 Å². The topological polar surface area (TPSA) is 81.8 Å². The molecule has 0 saturated carbocycles. The van der Waals surface area contributed by atoms with Crippen molar-refractivity contribution < 1.29 is 14.4 Å². The van der Waals surface area contributed by atoms with E-state index >= 15 is 0 Å². The molecule has 0 spiro atoms. The molecule has 1 atom stereocenters. The molecule has 2 aromatic rings. The van der Waals surface area contributed by atoms with Crippen molar-refractivity contribution in [2.24, 2.45) is 0 Å². The molecule has 3 rings (SSSR count). The molecule has 3 amide bonds. The second kappa shape index (κ2) is 8.83. The lowest BCUT2D eigenvalue weighted by Gasteiger charge is -2.24. The van der Waals surface area contributed by atoms with Crippen molar-refractivity contribution >= 4 is 40.7 Å². The molecule has 2 aromatic carbocycles. The van der Waals surface area contributed by atoms with E-state index in [4.69, 9.17) is 12.2 Å². The molecule has 0 aromatic heterocycles. The van der Waals surface area contributed by atoms with Gasteiger partial charge in [-0.3, -0.25) is 24.7 Å². The highest BCUT2D eigenvalue weighted by molar-refractivity contribution is 7.80. The first-order valence-corrected chi connectivity index (χ1v) is 9.68. The van der Waals surface area contributed by atoms with Gasteiger partial charge in [-0.1, -0.05) is 30.3 Å². The van der Waals surface area contributed by atoms with Gasteiger partial charge in [0.05, 0.1) is 6.42 Å². The Morgan fingerprint density at radius 3 is 2.48 bits per heavy atom. The number of carbonyl (C=O) groups excluding carboxylic acids is 3. The summed E-state index contributed by atoms with van der Waals surface area (Å²) in [6.45, 7) is 4.07. The third kappa shape index (κ3) is 4.60. The Hall–Kier alpha value is -3.26. The van der Waals surface area contributed by atoms with E-state index < -0.39 is 11.9 Å². The number of nitrogens with one attached hydrogen (secondary N) is 2. The number of thiocarbonyl (C=S) groups is 1. The van der Waals surface area contributed by atoms with Crippen LogP contribution in [-0.2, 0) is 9.59 Å². The maximum atomic E-state index is 12.8. The van der Waals surface area contributed by atoms with Crippen LogP contribution in [0.15, 0.2) is 54.6 Å². The van der Waals surface area contributed by atoms with E-state index in [9.17, 15) is 14.4 Å². The lowest BCUT2D eigenvalue weighted by molar-refractivity contribution is -0.130. The summed E-state index contributed by atoms with van der Waals surface area (Å²) in [7, 11) is 0. The molecule has 1 fully saturated rings. The SMILES string of the molecule is CCN1C(=O)C(CC(=O)Nc2cccc(C)c2)N(NC(=O)c2ccccc2)C1=S. The van der Waals surface area contributed by atoms with Crippen molar-refractivity contribution in [2.45, 2.75) is 26.3 Å². The first-order chi connectivity index (χ1) is 13.9. The number of amides is 3. The molecule has 1 aliphatic rings. The van der Waals surface area contributed by atoms with Crippen LogP contribution in [0.1, 0.15) is 29.3 Å². The number of hydrogen-bond acceptors (Lipinski definition) is 4. The molecule has 1 aliphatic heterocycles. The smallest absolute Gasteiger partial charge is 0.269 e. The standard InChI is InChI=1S/C21H22N4O3S/c1-3-24-20(28)17(13-18(26)22-16-11-7-8-14(2)12-16)25(21(24)29)23-19(27)15-9-5-4-6-10-15/h4-12,17H,3,13H2,1-2H3,(H,22,26)(H,23,27). The highest BCUT2D eigenvalue weighted by atomic mass is 32.1. The van der Waals surface area contributed by atoms with E-state index in [0.29, 0.717) is 17.8 Å². The van der Waals surface area contributed by atoms with Gasteiger partial charge in [-0.25, -0.2) is 5.01 Å². The Morgan fingerprint density at radius 1 is 1.10 bits per heavy atom. The summed E-state index contributed by atoms with van der Waals surface area (Å²) in [5, 5.41) is 4.28. The fraction of sp³-hybridized carbons (Fsp3) is 0.238. The first kappa shape index (κ1) is 20.5. The number of anilines is 1. The molecule has 29 heavy (non-hydrogen) atoms. The second-order valence-electron chi connectivity index (χ2n) is 6.68. The largest absolute Gasteiger partial charge is 0.326 e. The van der Waals surface area contributed by atoms with E-state index in [-0.39, 0.29) is 23.3 Å². The van der Waals surface area contributed by atoms with Crippen LogP contribution in [0.3, 0.4) is 0 Å². The summed E-state index contributed by atoms with van der Waals surface area (Å²) >= 11 is 5.37. The molecule has 0 radical (unpaired) electrons. The molecule has 1 heterocycles. The maximum Gasteiger partial charge on any atom is 0.269 e. The number of hydrogen-bond donors (Lipinski definition) is 2. The normalized spacial score (nSPS) is 16.1. The summed E-state index contributed by atoms with van der Waals surface area (Å²) < 4.78 is 0. The summed E-state index contributed by atoms with van der Waals surface area (Å²) in [6.07, 6.45) is -0.140. The Labute approximate surface area is 174 Å². The van der Waals surface area contributed by atoms with Crippen molar-refractivity contribution in [3.63, 3.8) is 0 Å². The molecule has 2 N–H and O–H groups in total. The van der Waals surface area contributed by atoms with Gasteiger partial charge in [0.15, 0.2) is 5.11 Å². The lowest BCUT2D eigenvalue weighted by Crippen LogP contribution is -2.49. The summed E-state index contributed by atoms with van der Waals surface area (Å²) in [5.41, 5.74) is 4.77. The zero-order valence-corrected chi connectivity index (χ0v) is 17.0. The van der Waals surface area contributed by atoms with Crippen LogP contribution >= 0.6 is 12.2 Å². The minimum atomic E-state index is -0.903. The Kier molecular flexibility index (Phi) is 6.23. The molecular formula is C21H22N4O3S. The number of rotatable bonds is 6. The van der Waals surface area contributed by atoms with Gasteiger partial charge in [-0.05, 0) is 55.9 Å². The Balaban J connectivity index is 1.76. The van der Waals surface area contributed by atoms with E-state index in [1.54, 1.807) is 43.3 Å². The van der Waals surface area contributed by atoms with E-state index in [0.717, 1.165) is 5.56 Å². The molecule has 0 bridgehead atoms. The molecular weight excluding hydrogens is 388 g/mol. The summed E-state index contributed by atoms with van der Waals surface area (Å²) in [6, 6.07) is 15.1. The van der Waals surface area contributed by atoms with Gasteiger partial charge in [0, 0.05) is 17.8 Å². The zero-order chi connectivity index (χ0) is 21.0. The van der Waals surface area contributed by atoms with Crippen molar-refractivity contribution in [3.05, 3.63) is 65.7 Å². The predicted octanol–water partition coefficient (Wildman–Crippen LogP) is 2.49. The minimum absolute atomic E-state index is 0.140. The molecule has 1 saturated heterocycles. The maximum absolute atomic E-state index is 12.8. The zero-order valence-electron chi connectivity index (χ0n) is 16.2. The fourth-order valence-electron chi connectivity index (χ4n) is 3.12. The van der Waals surface area contributed by atoms with E-state index in [1.165, 1.54) is 9.91 Å². The number of carbonyl (C=O) groups is 3. The van der Waals surface area contributed by atoms with Crippen LogP contribution in [0.5, 0.6) is 0 Å². The van der Waals surface area contributed by atoms with Crippen molar-refractivity contribution in [2.75, 3.05) is 11.9 Å². The highest BCUT2D eigenvalue weighted by Gasteiger charge is 2.43. The van der Waals surface area contributed by atoms with Gasteiger partial charge in [0.2, 0.25) is 5.91 Å². The lowest BCUT2D eigenvalue weighted by atomic mass is 10.1. The van der Waals surface area contributed by atoms with Crippen LogP contribution in [0.4, 0.5) is 5.69 Å². The molecule has 0 aliphatic carbocycles. The molecule has 1 unspecified atom stereocenters. The number of hydrazine groups is 1. The monoisotopic (exact) mass is 410 g/mol. The average Bonchev–Trinajstić information content (AvgIpc) is 2.92. The number of nitrogens with zero attached hydrogens (tertiary/aromatic N) is 2. The number of benzene rings is 2. The van der Waals surface area contributed by atoms with E-state index in [1.807, 2.05) is 25.1 Å². The number of aryl methyl sites for hydroxylation is 1. The third-order valence-corrected chi connectivity index (χ3v) is 4.97. The minimum Gasteiger partial charge on any atom is -0.326 e. The fourth-order valence-corrected chi connectivity index (χ4v) is 3.51. The van der Waals surface area contributed by atoms with Crippen LogP contribution in [0, 0.1) is 6.92 Å². The third-order valence-electron chi connectivity index (χ3n) is 4.55. The summed E-state index contributed by atoms with van der Waals surface area (Å²) in [4.78, 5) is 39.3. The van der Waals surface area contributed by atoms with Gasteiger partial charge in [0.1, 0.15) is 6.04 Å². The molecule has 7 nitrogen and oxygen atoms in total. The van der Waals surface area contributed by atoms with Gasteiger partial charge >= 0.3 is 0 Å². The quantitative estimate of drug-likeness (QED) is 0.715. The Bertz CT molecular complexity index is 948. The highest BCUT2D eigenvalue weighted by Crippen LogP contribution is 2.20. The van der Waals surface area contributed by atoms with Gasteiger partial charge in [-0.15, -0.1) is 0 Å². The van der Waals surface area contributed by atoms with Crippen molar-refractivity contribution in [1.82, 2.24) is 15.3 Å². The van der Waals surface area contributed by atoms with Crippen molar-refractivity contribution in [3.8, 4) is 0 Å². The predicted molar refractivity (Wildman–Crippen MR) is 114 cm³/mol. The molecule has 150 valence electrons. The van der Waals surface area contributed by atoms with Crippen LogP contribution in [0.25, 0.3) is 0 Å². The second-order valence-corrected chi connectivity index (χ2v) is 7.04. The van der Waals surface area contributed by atoms with Crippen molar-refractivity contribution in [1.29, 1.82) is 0 Å². The number of likely N-dealkylation sites (N-methyl/N-ethyl adjacent to an activating group) is 1. The van der Waals surface area contributed by atoms with E-state index in [2.05, 4.69) is 10.7 Å². The van der Waals surface area contributed by atoms with Gasteiger partial charge < -0.3 is 5.32 Å². The Morgan fingerprint density at radius 2 is 1.83 bits per heavy atom. The van der Waals surface area contributed by atoms with Crippen LogP contribution in [0.2, 0.25) is 0 Å². The molecule has 8 heteroatoms. The summed E-state index contributed by atoms with van der Waals surface area (Å²) in [5.74, 6) is -1.05.